The topological polar surface area (TPSA) is 96.0 Å². The van der Waals surface area contributed by atoms with Crippen molar-refractivity contribution in [3.63, 3.8) is 0 Å². The summed E-state index contributed by atoms with van der Waals surface area (Å²) in [6.45, 7) is 5.43. The van der Waals surface area contributed by atoms with E-state index >= 15 is 0 Å². The van der Waals surface area contributed by atoms with E-state index in [0.717, 1.165) is 10.4 Å². The number of hydrogen-bond acceptors (Lipinski definition) is 7. The highest BCUT2D eigenvalue weighted by Gasteiger charge is 2.27. The fourth-order valence-corrected chi connectivity index (χ4v) is 5.42. The van der Waals surface area contributed by atoms with Crippen molar-refractivity contribution in [2.24, 2.45) is 0 Å². The molecule has 0 bridgehead atoms. The SMILES string of the molecule is CCOC(=O)c1sc(-c2ccccc2)cc1NC(=O)CN1CCN(S(=O)(=O)CC)CC1. The number of anilines is 1. The number of thiophene rings is 1. The van der Waals surface area contributed by atoms with Crippen molar-refractivity contribution in [2.75, 3.05) is 50.4 Å². The maximum Gasteiger partial charge on any atom is 0.350 e. The van der Waals surface area contributed by atoms with E-state index in [-0.39, 0.29) is 24.8 Å². The second-order valence-corrected chi connectivity index (χ2v) is 10.4. The van der Waals surface area contributed by atoms with Crippen molar-refractivity contribution in [3.8, 4) is 10.4 Å². The lowest BCUT2D eigenvalue weighted by Gasteiger charge is -2.33. The van der Waals surface area contributed by atoms with Crippen LogP contribution in [0, 0.1) is 0 Å². The monoisotopic (exact) mass is 465 g/mol. The molecule has 8 nitrogen and oxygen atoms in total. The van der Waals surface area contributed by atoms with Gasteiger partial charge in [0.25, 0.3) is 0 Å². The second kappa shape index (κ2) is 10.4. The fourth-order valence-electron chi connectivity index (χ4n) is 3.32. The van der Waals surface area contributed by atoms with Crippen molar-refractivity contribution in [3.05, 3.63) is 41.3 Å². The Hall–Kier alpha value is -2.27. The van der Waals surface area contributed by atoms with Crippen molar-refractivity contribution >= 4 is 38.9 Å². The number of hydrogen-bond donors (Lipinski definition) is 1. The zero-order chi connectivity index (χ0) is 22.4. The maximum absolute atomic E-state index is 12.7. The number of carbonyl (C=O) groups is 2. The Kier molecular flexibility index (Phi) is 7.82. The minimum atomic E-state index is -3.21. The number of piperazine rings is 1. The number of carbonyl (C=O) groups excluding carboxylic acids is 2. The third-order valence-electron chi connectivity index (χ3n) is 4.98. The van der Waals surface area contributed by atoms with Gasteiger partial charge in [0.15, 0.2) is 0 Å². The fraction of sp³-hybridized carbons (Fsp3) is 0.429. The number of nitrogens with zero attached hydrogens (tertiary/aromatic N) is 2. The third-order valence-corrected chi connectivity index (χ3v) is 8.03. The quantitative estimate of drug-likeness (QED) is 0.602. The van der Waals surface area contributed by atoms with Gasteiger partial charge in [0, 0.05) is 31.1 Å². The van der Waals surface area contributed by atoms with Gasteiger partial charge < -0.3 is 10.1 Å². The summed E-state index contributed by atoms with van der Waals surface area (Å²) in [6.07, 6.45) is 0. The van der Waals surface area contributed by atoms with Crippen LogP contribution in [0.2, 0.25) is 0 Å². The van der Waals surface area contributed by atoms with Crippen LogP contribution in [-0.2, 0) is 19.6 Å². The Morgan fingerprint density at radius 1 is 1.10 bits per heavy atom. The molecule has 1 fully saturated rings. The molecule has 0 saturated carbocycles. The van der Waals surface area contributed by atoms with Gasteiger partial charge in [-0.2, -0.15) is 4.31 Å². The van der Waals surface area contributed by atoms with Gasteiger partial charge in [0.05, 0.1) is 24.6 Å². The Labute approximate surface area is 186 Å². The van der Waals surface area contributed by atoms with Gasteiger partial charge in [0.1, 0.15) is 4.88 Å². The molecule has 2 heterocycles. The molecular formula is C21H27N3O5S2. The molecule has 1 aliphatic heterocycles. The first-order chi connectivity index (χ1) is 14.8. The summed E-state index contributed by atoms with van der Waals surface area (Å²) in [5.41, 5.74) is 1.38. The van der Waals surface area contributed by atoms with E-state index in [9.17, 15) is 18.0 Å². The molecule has 1 amide bonds. The first-order valence-corrected chi connectivity index (χ1v) is 12.6. The highest BCUT2D eigenvalue weighted by Crippen LogP contribution is 2.35. The molecule has 0 unspecified atom stereocenters. The highest BCUT2D eigenvalue weighted by atomic mass is 32.2. The summed E-state index contributed by atoms with van der Waals surface area (Å²) in [5, 5.41) is 2.84. The van der Waals surface area contributed by atoms with Crippen molar-refractivity contribution in [2.45, 2.75) is 13.8 Å². The van der Waals surface area contributed by atoms with Crippen LogP contribution in [0.1, 0.15) is 23.5 Å². The molecule has 0 radical (unpaired) electrons. The summed E-state index contributed by atoms with van der Waals surface area (Å²) in [7, 11) is -3.21. The summed E-state index contributed by atoms with van der Waals surface area (Å²) >= 11 is 1.28. The third kappa shape index (κ3) is 5.91. The van der Waals surface area contributed by atoms with Crippen molar-refractivity contribution < 1.29 is 22.7 Å². The molecular weight excluding hydrogens is 438 g/mol. The summed E-state index contributed by atoms with van der Waals surface area (Å²) in [4.78, 5) is 28.2. The van der Waals surface area contributed by atoms with Crippen LogP contribution in [0.15, 0.2) is 36.4 Å². The Bertz CT molecular complexity index is 1010. The molecule has 10 heteroatoms. The molecule has 1 saturated heterocycles. The second-order valence-electron chi connectivity index (χ2n) is 7.06. The number of amides is 1. The van der Waals surface area contributed by atoms with Crippen LogP contribution >= 0.6 is 11.3 Å². The summed E-state index contributed by atoms with van der Waals surface area (Å²) in [6, 6.07) is 11.4. The molecule has 1 aromatic carbocycles. The van der Waals surface area contributed by atoms with Gasteiger partial charge in [-0.3, -0.25) is 9.69 Å². The molecule has 31 heavy (non-hydrogen) atoms. The van der Waals surface area contributed by atoms with Gasteiger partial charge in [-0.05, 0) is 25.5 Å². The number of sulfonamides is 1. The molecule has 0 spiro atoms. The zero-order valence-electron chi connectivity index (χ0n) is 17.7. The lowest BCUT2D eigenvalue weighted by molar-refractivity contribution is -0.117. The van der Waals surface area contributed by atoms with E-state index in [1.165, 1.54) is 15.6 Å². The van der Waals surface area contributed by atoms with Gasteiger partial charge in [-0.1, -0.05) is 30.3 Å². The molecule has 3 rings (SSSR count). The first-order valence-electron chi connectivity index (χ1n) is 10.2. The van der Waals surface area contributed by atoms with Crippen LogP contribution in [0.3, 0.4) is 0 Å². The normalized spacial score (nSPS) is 15.5. The molecule has 0 atom stereocenters. The average Bonchev–Trinajstić information content (AvgIpc) is 3.18. The average molecular weight is 466 g/mol. The van der Waals surface area contributed by atoms with Gasteiger partial charge in [0.2, 0.25) is 15.9 Å². The molecule has 0 aliphatic carbocycles. The van der Waals surface area contributed by atoms with Crippen LogP contribution in [0.4, 0.5) is 5.69 Å². The molecule has 2 aromatic rings. The Balaban J connectivity index is 1.68. The lowest BCUT2D eigenvalue weighted by atomic mass is 10.2. The Morgan fingerprint density at radius 2 is 1.77 bits per heavy atom. The summed E-state index contributed by atoms with van der Waals surface area (Å²) < 4.78 is 30.6. The van der Waals surface area contributed by atoms with E-state index in [1.54, 1.807) is 19.9 Å². The smallest absolute Gasteiger partial charge is 0.350 e. The van der Waals surface area contributed by atoms with Gasteiger partial charge >= 0.3 is 5.97 Å². The number of ether oxygens (including phenoxy) is 1. The molecule has 1 aromatic heterocycles. The van der Waals surface area contributed by atoms with E-state index in [2.05, 4.69) is 5.32 Å². The minimum Gasteiger partial charge on any atom is -0.462 e. The standard InChI is InChI=1S/C21H27N3O5S2/c1-3-29-21(26)20-17(14-18(30-20)16-8-6-5-7-9-16)22-19(25)15-23-10-12-24(13-11-23)31(27,28)4-2/h5-9,14H,3-4,10-13,15H2,1-2H3,(H,22,25). The van der Waals surface area contributed by atoms with E-state index in [0.29, 0.717) is 36.7 Å². The van der Waals surface area contributed by atoms with Gasteiger partial charge in [-0.15, -0.1) is 11.3 Å². The number of benzene rings is 1. The van der Waals surface area contributed by atoms with E-state index < -0.39 is 16.0 Å². The van der Waals surface area contributed by atoms with Gasteiger partial charge in [-0.25, -0.2) is 13.2 Å². The minimum absolute atomic E-state index is 0.0754. The first kappa shape index (κ1) is 23.4. The molecule has 168 valence electrons. The summed E-state index contributed by atoms with van der Waals surface area (Å²) in [5.74, 6) is -0.649. The van der Waals surface area contributed by atoms with Crippen molar-refractivity contribution in [1.82, 2.24) is 9.21 Å². The maximum atomic E-state index is 12.7. The van der Waals surface area contributed by atoms with E-state index in [4.69, 9.17) is 4.74 Å². The molecule has 1 aliphatic rings. The predicted octanol–water partition coefficient (Wildman–Crippen LogP) is 2.50. The number of nitrogens with one attached hydrogen (secondary N) is 1. The zero-order valence-corrected chi connectivity index (χ0v) is 19.3. The van der Waals surface area contributed by atoms with Crippen molar-refractivity contribution in [1.29, 1.82) is 0 Å². The predicted molar refractivity (Wildman–Crippen MR) is 122 cm³/mol. The Morgan fingerprint density at radius 3 is 2.39 bits per heavy atom. The number of esters is 1. The van der Waals surface area contributed by atoms with E-state index in [1.807, 2.05) is 35.2 Å². The van der Waals surface area contributed by atoms with Crippen LogP contribution in [0.5, 0.6) is 0 Å². The molecule has 1 N–H and O–H groups in total. The van der Waals surface area contributed by atoms with Crippen LogP contribution < -0.4 is 5.32 Å². The lowest BCUT2D eigenvalue weighted by Crippen LogP contribution is -2.50. The van der Waals surface area contributed by atoms with Crippen LogP contribution in [0.25, 0.3) is 10.4 Å². The van der Waals surface area contributed by atoms with Crippen LogP contribution in [-0.4, -0.2) is 74.6 Å². The largest absolute Gasteiger partial charge is 0.462 e. The highest BCUT2D eigenvalue weighted by molar-refractivity contribution is 7.89. The number of rotatable bonds is 8.